The number of hydrogen-bond acceptors (Lipinski definition) is 4. The molecule has 0 atom stereocenters. The van der Waals surface area contributed by atoms with Crippen molar-refractivity contribution in [1.29, 1.82) is 0 Å². The number of pyridine rings is 1. The lowest BCUT2D eigenvalue weighted by atomic mass is 10.1. The predicted octanol–water partition coefficient (Wildman–Crippen LogP) is 2.91. The molecule has 2 aromatic heterocycles. The molecule has 0 aliphatic heterocycles. The van der Waals surface area contributed by atoms with E-state index in [0.29, 0.717) is 17.0 Å². The summed E-state index contributed by atoms with van der Waals surface area (Å²) in [5.41, 5.74) is 1.96. The molecule has 7 heteroatoms. The van der Waals surface area contributed by atoms with Crippen LogP contribution in [-0.2, 0) is 10.0 Å². The number of benzene rings is 1. The Morgan fingerprint density at radius 1 is 1.17 bits per heavy atom. The minimum absolute atomic E-state index is 0.180. The van der Waals surface area contributed by atoms with E-state index in [1.165, 1.54) is 23.6 Å². The van der Waals surface area contributed by atoms with Crippen molar-refractivity contribution in [3.63, 3.8) is 0 Å². The number of hydrogen-bond donors (Lipinski definition) is 1. The summed E-state index contributed by atoms with van der Waals surface area (Å²) in [7, 11) is -0.649. The maximum atomic E-state index is 12.9. The van der Waals surface area contributed by atoms with Crippen LogP contribution in [0.1, 0.15) is 0 Å². The minimum Gasteiger partial charge on any atom is -0.496 e. The zero-order valence-corrected chi connectivity index (χ0v) is 14.1. The summed E-state index contributed by atoms with van der Waals surface area (Å²) < 4.78 is 32.4. The van der Waals surface area contributed by atoms with Crippen LogP contribution >= 0.6 is 0 Å². The third-order valence-electron chi connectivity index (χ3n) is 3.73. The van der Waals surface area contributed by atoms with Gasteiger partial charge in [-0.05, 0) is 42.5 Å². The van der Waals surface area contributed by atoms with Gasteiger partial charge in [-0.3, -0.25) is 9.29 Å². The zero-order chi connectivity index (χ0) is 17.2. The first-order valence-electron chi connectivity index (χ1n) is 7.25. The van der Waals surface area contributed by atoms with Crippen LogP contribution in [0.3, 0.4) is 0 Å². The summed E-state index contributed by atoms with van der Waals surface area (Å²) in [6, 6.07) is 11.9. The zero-order valence-electron chi connectivity index (χ0n) is 13.3. The highest BCUT2D eigenvalue weighted by Gasteiger charge is 2.23. The Morgan fingerprint density at radius 2 is 2.00 bits per heavy atom. The molecular weight excluding hydrogens is 326 g/mol. The van der Waals surface area contributed by atoms with Crippen LogP contribution < -0.4 is 9.04 Å². The van der Waals surface area contributed by atoms with E-state index >= 15 is 0 Å². The fraction of sp³-hybridized carbons (Fsp3) is 0.118. The number of ether oxygens (including phenoxy) is 1. The first kappa shape index (κ1) is 16.1. The van der Waals surface area contributed by atoms with E-state index < -0.39 is 10.0 Å². The lowest BCUT2D eigenvalue weighted by molar-refractivity contribution is 0.416. The van der Waals surface area contributed by atoms with Crippen molar-refractivity contribution in [2.24, 2.45) is 0 Å². The van der Waals surface area contributed by atoms with Crippen LogP contribution in [0.4, 0.5) is 5.69 Å². The Bertz CT molecular complexity index is 923. The number of aromatic amines is 1. The molecule has 0 unspecified atom stereocenters. The SMILES string of the molecule is COc1ccc(S(=O)(=O)N(C)c2cccnc2)cc1-c1ccc[nH]1. The van der Waals surface area contributed by atoms with Gasteiger partial charge in [-0.15, -0.1) is 0 Å². The standard InChI is InChI=1S/C17H17N3O3S/c1-20(13-5-3-9-18-12-13)24(21,22)14-7-8-17(23-2)15(11-14)16-6-4-10-19-16/h3-12,19H,1-2H3. The van der Waals surface area contributed by atoms with Crippen LogP contribution in [0.15, 0.2) is 66.0 Å². The van der Waals surface area contributed by atoms with Gasteiger partial charge in [-0.25, -0.2) is 8.42 Å². The Labute approximate surface area is 140 Å². The third-order valence-corrected chi connectivity index (χ3v) is 5.51. The maximum Gasteiger partial charge on any atom is 0.264 e. The maximum absolute atomic E-state index is 12.9. The number of H-pyrrole nitrogens is 1. The topological polar surface area (TPSA) is 75.3 Å². The van der Waals surface area contributed by atoms with Gasteiger partial charge in [0.15, 0.2) is 0 Å². The molecule has 0 bridgehead atoms. The average molecular weight is 343 g/mol. The largest absolute Gasteiger partial charge is 0.496 e. The van der Waals surface area contributed by atoms with Crippen molar-refractivity contribution in [1.82, 2.24) is 9.97 Å². The van der Waals surface area contributed by atoms with Crippen molar-refractivity contribution in [2.75, 3.05) is 18.5 Å². The number of nitrogens with one attached hydrogen (secondary N) is 1. The highest BCUT2D eigenvalue weighted by Crippen LogP contribution is 2.32. The highest BCUT2D eigenvalue weighted by molar-refractivity contribution is 7.92. The van der Waals surface area contributed by atoms with Gasteiger partial charge in [-0.1, -0.05) is 0 Å². The van der Waals surface area contributed by atoms with Crippen molar-refractivity contribution in [3.05, 3.63) is 61.1 Å². The predicted molar refractivity (Wildman–Crippen MR) is 92.6 cm³/mol. The minimum atomic E-state index is -3.71. The second kappa shape index (κ2) is 6.37. The molecule has 0 saturated carbocycles. The molecule has 3 rings (SSSR count). The summed E-state index contributed by atoms with van der Waals surface area (Å²) >= 11 is 0. The number of methoxy groups -OCH3 is 1. The molecule has 6 nitrogen and oxygen atoms in total. The monoisotopic (exact) mass is 343 g/mol. The summed E-state index contributed by atoms with van der Waals surface area (Å²) in [6.45, 7) is 0. The molecule has 0 aliphatic rings. The van der Waals surface area contributed by atoms with E-state index in [2.05, 4.69) is 9.97 Å². The molecule has 124 valence electrons. The molecule has 0 spiro atoms. The van der Waals surface area contributed by atoms with Crippen molar-refractivity contribution in [3.8, 4) is 17.0 Å². The fourth-order valence-electron chi connectivity index (χ4n) is 2.39. The van der Waals surface area contributed by atoms with Crippen molar-refractivity contribution in [2.45, 2.75) is 4.90 Å². The molecular formula is C17H17N3O3S. The molecule has 24 heavy (non-hydrogen) atoms. The Morgan fingerprint density at radius 3 is 2.62 bits per heavy atom. The van der Waals surface area contributed by atoms with E-state index in [1.807, 2.05) is 12.1 Å². The van der Waals surface area contributed by atoms with Crippen LogP contribution in [0.25, 0.3) is 11.3 Å². The van der Waals surface area contributed by atoms with Gasteiger partial charge in [-0.2, -0.15) is 0 Å². The molecule has 0 aliphatic carbocycles. The van der Waals surface area contributed by atoms with Crippen molar-refractivity contribution >= 4 is 15.7 Å². The van der Waals surface area contributed by atoms with E-state index in [1.54, 1.807) is 43.8 Å². The van der Waals surface area contributed by atoms with Gasteiger partial charge in [0, 0.05) is 30.7 Å². The summed E-state index contributed by atoms with van der Waals surface area (Å²) in [6.07, 6.45) is 4.88. The van der Waals surface area contributed by atoms with E-state index in [9.17, 15) is 8.42 Å². The van der Waals surface area contributed by atoms with Crippen molar-refractivity contribution < 1.29 is 13.2 Å². The number of anilines is 1. The molecule has 2 heterocycles. The van der Waals surface area contributed by atoms with Gasteiger partial charge in [0.05, 0.1) is 23.9 Å². The fourth-order valence-corrected chi connectivity index (χ4v) is 3.60. The van der Waals surface area contributed by atoms with Gasteiger partial charge in [0.2, 0.25) is 0 Å². The molecule has 1 aromatic carbocycles. The number of nitrogens with zero attached hydrogens (tertiary/aromatic N) is 2. The van der Waals surface area contributed by atoms with Gasteiger partial charge in [0.1, 0.15) is 5.75 Å². The molecule has 0 saturated heterocycles. The lowest BCUT2D eigenvalue weighted by Crippen LogP contribution is -2.26. The summed E-state index contributed by atoms with van der Waals surface area (Å²) in [4.78, 5) is 7.22. The molecule has 0 amide bonds. The second-order valence-corrected chi connectivity index (χ2v) is 7.10. The van der Waals surface area contributed by atoms with E-state index in [-0.39, 0.29) is 4.90 Å². The lowest BCUT2D eigenvalue weighted by Gasteiger charge is -2.20. The number of rotatable bonds is 5. The summed E-state index contributed by atoms with van der Waals surface area (Å²) in [5, 5.41) is 0. The van der Waals surface area contributed by atoms with E-state index in [0.717, 1.165) is 5.69 Å². The highest BCUT2D eigenvalue weighted by atomic mass is 32.2. The Kier molecular flexibility index (Phi) is 4.26. The first-order valence-corrected chi connectivity index (χ1v) is 8.69. The van der Waals surface area contributed by atoms with Crippen LogP contribution in [0.5, 0.6) is 5.75 Å². The van der Waals surface area contributed by atoms with Crippen LogP contribution in [0.2, 0.25) is 0 Å². The molecule has 0 fully saturated rings. The third kappa shape index (κ3) is 2.85. The van der Waals surface area contributed by atoms with Gasteiger partial charge in [0.25, 0.3) is 10.0 Å². The van der Waals surface area contributed by atoms with Crippen LogP contribution in [-0.4, -0.2) is 32.5 Å². The Balaban J connectivity index is 2.07. The Hall–Kier alpha value is -2.80. The molecule has 1 N–H and O–H groups in total. The number of aromatic nitrogens is 2. The van der Waals surface area contributed by atoms with Crippen LogP contribution in [0, 0.1) is 0 Å². The number of sulfonamides is 1. The molecule has 3 aromatic rings. The second-order valence-electron chi connectivity index (χ2n) is 5.13. The quantitative estimate of drug-likeness (QED) is 0.773. The summed E-state index contributed by atoms with van der Waals surface area (Å²) in [5.74, 6) is 0.598. The average Bonchev–Trinajstić information content (AvgIpc) is 3.15. The smallest absolute Gasteiger partial charge is 0.264 e. The normalized spacial score (nSPS) is 11.2. The van der Waals surface area contributed by atoms with Gasteiger partial charge >= 0.3 is 0 Å². The van der Waals surface area contributed by atoms with E-state index in [4.69, 9.17) is 4.74 Å². The molecule has 0 radical (unpaired) electrons. The van der Waals surface area contributed by atoms with Gasteiger partial charge < -0.3 is 9.72 Å². The first-order chi connectivity index (χ1) is 11.5.